The molecule has 0 N–H and O–H groups in total. The first-order chi connectivity index (χ1) is 3.91. The highest BCUT2D eigenvalue weighted by Gasteiger charge is 1.78. The van der Waals surface area contributed by atoms with E-state index < -0.39 is 0 Å². The van der Waals surface area contributed by atoms with E-state index in [2.05, 4.69) is 26.0 Å². The first-order valence-corrected chi connectivity index (χ1v) is 3.53. The molecule has 0 aromatic rings. The second-order valence-corrected chi connectivity index (χ2v) is 2.06. The highest BCUT2D eigenvalue weighted by atomic mass is 32.1. The van der Waals surface area contributed by atoms with Crippen molar-refractivity contribution in [1.82, 2.24) is 0 Å². The summed E-state index contributed by atoms with van der Waals surface area (Å²) in [6, 6.07) is 0. The molecule has 0 radical (unpaired) electrons. The Morgan fingerprint density at radius 1 is 1.22 bits per heavy atom. The Morgan fingerprint density at radius 2 is 1.89 bits per heavy atom. The van der Waals surface area contributed by atoms with Crippen molar-refractivity contribution in [3.8, 4) is 0 Å². The first kappa shape index (κ1) is 11.8. The molecule has 0 rings (SSSR count). The number of hydrogen-bond acceptors (Lipinski definition) is 0. The minimum atomic E-state index is 0. The van der Waals surface area contributed by atoms with E-state index in [1.54, 1.807) is 0 Å². The molecule has 0 heterocycles. The molecule has 0 aromatic carbocycles. The van der Waals surface area contributed by atoms with Crippen molar-refractivity contribution in [2.24, 2.45) is 0 Å². The lowest BCUT2D eigenvalue weighted by atomic mass is 10.2. The standard InChI is InChI=1S/C8H16.H2S/c1-3-5-7-8-6-4-2;/h3,5H,4,6-8H2,1-2H3;1H2. The van der Waals surface area contributed by atoms with Crippen LogP contribution in [0.5, 0.6) is 0 Å². The quantitative estimate of drug-likeness (QED) is 0.422. The Morgan fingerprint density at radius 3 is 2.33 bits per heavy atom. The van der Waals surface area contributed by atoms with Crippen LogP contribution in [-0.2, 0) is 0 Å². The minimum absolute atomic E-state index is 0. The Kier molecular flexibility index (Phi) is 14.4. The zero-order valence-corrected chi connectivity index (χ0v) is 7.48. The van der Waals surface area contributed by atoms with Crippen LogP contribution in [0.2, 0.25) is 0 Å². The summed E-state index contributed by atoms with van der Waals surface area (Å²) in [5.74, 6) is 0. The number of hydrogen-bond donors (Lipinski definition) is 0. The molecule has 0 aliphatic carbocycles. The summed E-state index contributed by atoms with van der Waals surface area (Å²) in [4.78, 5) is 0. The van der Waals surface area contributed by atoms with Crippen molar-refractivity contribution in [1.29, 1.82) is 0 Å². The molecular weight excluding hydrogens is 128 g/mol. The molecule has 0 atom stereocenters. The van der Waals surface area contributed by atoms with Gasteiger partial charge in [-0.1, -0.05) is 31.9 Å². The fourth-order valence-corrected chi connectivity index (χ4v) is 0.679. The summed E-state index contributed by atoms with van der Waals surface area (Å²) in [5, 5.41) is 0. The summed E-state index contributed by atoms with van der Waals surface area (Å²) in [7, 11) is 0. The lowest BCUT2D eigenvalue weighted by molar-refractivity contribution is 0.729. The van der Waals surface area contributed by atoms with Gasteiger partial charge >= 0.3 is 0 Å². The summed E-state index contributed by atoms with van der Waals surface area (Å²) in [6.07, 6.45) is 9.69. The molecule has 0 aromatic heterocycles. The fraction of sp³-hybridized carbons (Fsp3) is 0.750. The van der Waals surface area contributed by atoms with E-state index in [1.807, 2.05) is 0 Å². The molecule has 0 saturated heterocycles. The Bertz CT molecular complexity index is 57.6. The molecule has 0 saturated carbocycles. The van der Waals surface area contributed by atoms with E-state index in [1.165, 1.54) is 25.7 Å². The summed E-state index contributed by atoms with van der Waals surface area (Å²) in [6.45, 7) is 4.31. The van der Waals surface area contributed by atoms with Crippen LogP contribution in [0.1, 0.15) is 39.5 Å². The molecule has 0 fully saturated rings. The van der Waals surface area contributed by atoms with Crippen LogP contribution in [0, 0.1) is 0 Å². The molecule has 0 nitrogen and oxygen atoms in total. The first-order valence-electron chi connectivity index (χ1n) is 3.53. The SMILES string of the molecule is CC=CCCCCC.S. The Balaban J connectivity index is 0. The topological polar surface area (TPSA) is 0 Å². The molecule has 0 amide bonds. The van der Waals surface area contributed by atoms with Gasteiger partial charge in [-0.15, -0.1) is 0 Å². The van der Waals surface area contributed by atoms with Crippen LogP contribution >= 0.6 is 13.5 Å². The minimum Gasteiger partial charge on any atom is -0.197 e. The lowest BCUT2D eigenvalue weighted by Crippen LogP contribution is -1.68. The fourth-order valence-electron chi connectivity index (χ4n) is 0.679. The third-order valence-electron chi connectivity index (χ3n) is 1.21. The largest absolute Gasteiger partial charge is 0.197 e. The maximum absolute atomic E-state index is 2.23. The van der Waals surface area contributed by atoms with Crippen LogP contribution < -0.4 is 0 Å². The van der Waals surface area contributed by atoms with Gasteiger partial charge in [-0.05, 0) is 19.8 Å². The average molecular weight is 146 g/mol. The predicted octanol–water partition coefficient (Wildman–Crippen LogP) is 3.26. The zero-order chi connectivity index (χ0) is 6.24. The molecule has 0 unspecified atom stereocenters. The maximum atomic E-state index is 2.23. The van der Waals surface area contributed by atoms with Gasteiger partial charge in [-0.3, -0.25) is 0 Å². The van der Waals surface area contributed by atoms with Gasteiger partial charge < -0.3 is 0 Å². The van der Waals surface area contributed by atoms with Crippen molar-refractivity contribution in [2.75, 3.05) is 0 Å². The van der Waals surface area contributed by atoms with Crippen molar-refractivity contribution < 1.29 is 0 Å². The molecule has 0 spiro atoms. The monoisotopic (exact) mass is 146 g/mol. The molecule has 56 valence electrons. The number of rotatable bonds is 4. The molecule has 0 bridgehead atoms. The van der Waals surface area contributed by atoms with Crippen molar-refractivity contribution in [2.45, 2.75) is 39.5 Å². The van der Waals surface area contributed by atoms with E-state index in [0.29, 0.717) is 0 Å². The average Bonchev–Trinajstić information content (AvgIpc) is 1.81. The predicted molar refractivity (Wildman–Crippen MR) is 49.3 cm³/mol. The zero-order valence-electron chi connectivity index (χ0n) is 6.48. The van der Waals surface area contributed by atoms with Gasteiger partial charge in [-0.25, -0.2) is 0 Å². The summed E-state index contributed by atoms with van der Waals surface area (Å²) < 4.78 is 0. The smallest absolute Gasteiger partial charge is 0.0351 e. The van der Waals surface area contributed by atoms with Crippen molar-refractivity contribution in [3.05, 3.63) is 12.2 Å². The Labute approximate surface area is 65.8 Å². The highest BCUT2D eigenvalue weighted by molar-refractivity contribution is 7.59. The molecule has 0 aliphatic heterocycles. The molecule has 0 aliphatic rings. The van der Waals surface area contributed by atoms with E-state index in [9.17, 15) is 0 Å². The van der Waals surface area contributed by atoms with Crippen LogP contribution in [0.15, 0.2) is 12.2 Å². The lowest BCUT2D eigenvalue weighted by Gasteiger charge is -1.88. The van der Waals surface area contributed by atoms with Crippen LogP contribution in [0.3, 0.4) is 0 Å². The molecule has 9 heavy (non-hydrogen) atoms. The normalized spacial score (nSPS) is 9.56. The molecule has 1 heteroatoms. The van der Waals surface area contributed by atoms with Crippen LogP contribution in [0.4, 0.5) is 0 Å². The Hall–Kier alpha value is 0.0900. The van der Waals surface area contributed by atoms with Crippen molar-refractivity contribution in [3.63, 3.8) is 0 Å². The van der Waals surface area contributed by atoms with Gasteiger partial charge in [0.15, 0.2) is 0 Å². The number of allylic oxidation sites excluding steroid dienone is 2. The van der Waals surface area contributed by atoms with Crippen LogP contribution in [-0.4, -0.2) is 0 Å². The van der Waals surface area contributed by atoms with Gasteiger partial charge in [-0.2, -0.15) is 13.5 Å². The third kappa shape index (κ3) is 11.6. The van der Waals surface area contributed by atoms with Crippen molar-refractivity contribution >= 4 is 13.5 Å². The maximum Gasteiger partial charge on any atom is -0.0351 e. The van der Waals surface area contributed by atoms with E-state index >= 15 is 0 Å². The van der Waals surface area contributed by atoms with Gasteiger partial charge in [0.05, 0.1) is 0 Å². The van der Waals surface area contributed by atoms with E-state index in [-0.39, 0.29) is 13.5 Å². The van der Waals surface area contributed by atoms with Gasteiger partial charge in [0.25, 0.3) is 0 Å². The van der Waals surface area contributed by atoms with Gasteiger partial charge in [0, 0.05) is 0 Å². The number of unbranched alkanes of at least 4 members (excludes halogenated alkanes) is 3. The van der Waals surface area contributed by atoms with Gasteiger partial charge in [0.1, 0.15) is 0 Å². The second kappa shape index (κ2) is 11.0. The van der Waals surface area contributed by atoms with Crippen LogP contribution in [0.25, 0.3) is 0 Å². The van der Waals surface area contributed by atoms with Gasteiger partial charge in [0.2, 0.25) is 0 Å². The highest BCUT2D eigenvalue weighted by Crippen LogP contribution is 1.98. The van der Waals surface area contributed by atoms with E-state index in [4.69, 9.17) is 0 Å². The summed E-state index contributed by atoms with van der Waals surface area (Å²) in [5.41, 5.74) is 0. The van der Waals surface area contributed by atoms with E-state index in [0.717, 1.165) is 0 Å². The third-order valence-corrected chi connectivity index (χ3v) is 1.21. The molecular formula is C8H18S. The second-order valence-electron chi connectivity index (χ2n) is 2.06. The summed E-state index contributed by atoms with van der Waals surface area (Å²) >= 11 is 0.